The van der Waals surface area contributed by atoms with Crippen LogP contribution >= 0.6 is 23.4 Å². The summed E-state index contributed by atoms with van der Waals surface area (Å²) in [5, 5.41) is -0.634. The maximum atomic E-state index is 15.0. The first kappa shape index (κ1) is 26.9. The first-order chi connectivity index (χ1) is 15.7. The van der Waals surface area contributed by atoms with Gasteiger partial charge in [0.2, 0.25) is 5.91 Å². The van der Waals surface area contributed by atoms with Crippen molar-refractivity contribution in [3.63, 3.8) is 0 Å². The number of halogens is 2. The molecule has 1 aliphatic carbocycles. The SMILES string of the molecule is CCOC(=O)C1=C(C(=O)N(C(=O)CC)c2cc(SC(C)C(=O)OC)c(Cl)cc2F)CCCC1. The van der Waals surface area contributed by atoms with Gasteiger partial charge in [-0.3, -0.25) is 14.4 Å². The number of methoxy groups -OCH3 is 1. The minimum Gasteiger partial charge on any atom is -0.468 e. The van der Waals surface area contributed by atoms with E-state index < -0.39 is 34.8 Å². The van der Waals surface area contributed by atoms with E-state index in [4.69, 9.17) is 21.1 Å². The Labute approximate surface area is 201 Å². The van der Waals surface area contributed by atoms with Crippen LogP contribution < -0.4 is 4.90 Å². The number of benzene rings is 1. The summed E-state index contributed by atoms with van der Waals surface area (Å²) < 4.78 is 24.8. The number of anilines is 1. The van der Waals surface area contributed by atoms with E-state index in [1.54, 1.807) is 20.8 Å². The van der Waals surface area contributed by atoms with Crippen molar-refractivity contribution in [2.75, 3.05) is 18.6 Å². The molecule has 0 aromatic heterocycles. The van der Waals surface area contributed by atoms with Gasteiger partial charge in [-0.05, 0) is 51.7 Å². The Kier molecular flexibility index (Phi) is 9.91. The van der Waals surface area contributed by atoms with E-state index in [2.05, 4.69) is 0 Å². The summed E-state index contributed by atoms with van der Waals surface area (Å²) in [4.78, 5) is 51.6. The minimum absolute atomic E-state index is 0.0254. The van der Waals surface area contributed by atoms with Crippen molar-refractivity contribution in [2.45, 2.75) is 63.0 Å². The van der Waals surface area contributed by atoms with Crippen LogP contribution in [0, 0.1) is 5.82 Å². The minimum atomic E-state index is -0.876. The normalized spacial score (nSPS) is 14.5. The molecule has 180 valence electrons. The summed E-state index contributed by atoms with van der Waals surface area (Å²) in [6, 6.07) is 2.26. The van der Waals surface area contributed by atoms with Crippen molar-refractivity contribution >= 4 is 52.8 Å². The fourth-order valence-electron chi connectivity index (χ4n) is 3.42. The maximum Gasteiger partial charge on any atom is 0.334 e. The zero-order valence-electron chi connectivity index (χ0n) is 19.0. The number of imide groups is 1. The molecule has 2 amide bonds. The molecule has 1 atom stereocenters. The number of hydrogen-bond donors (Lipinski definition) is 0. The lowest BCUT2D eigenvalue weighted by Gasteiger charge is -2.26. The zero-order valence-corrected chi connectivity index (χ0v) is 20.6. The van der Waals surface area contributed by atoms with Crippen LogP contribution in [-0.2, 0) is 28.7 Å². The van der Waals surface area contributed by atoms with Crippen LogP contribution in [0.3, 0.4) is 0 Å². The molecule has 1 aliphatic rings. The highest BCUT2D eigenvalue weighted by Crippen LogP contribution is 2.37. The molecule has 0 aliphatic heterocycles. The van der Waals surface area contributed by atoms with E-state index >= 15 is 4.39 Å². The Morgan fingerprint density at radius 3 is 2.36 bits per heavy atom. The molecule has 0 saturated carbocycles. The van der Waals surface area contributed by atoms with Gasteiger partial charge in [0.15, 0.2) is 0 Å². The molecule has 7 nitrogen and oxygen atoms in total. The van der Waals surface area contributed by atoms with Gasteiger partial charge in [-0.15, -0.1) is 11.8 Å². The summed E-state index contributed by atoms with van der Waals surface area (Å²) in [6.45, 7) is 4.95. The molecule has 33 heavy (non-hydrogen) atoms. The highest BCUT2D eigenvalue weighted by Gasteiger charge is 2.33. The second-order valence-corrected chi connectivity index (χ2v) is 9.08. The van der Waals surface area contributed by atoms with E-state index in [-0.39, 0.29) is 41.3 Å². The molecule has 0 N–H and O–H groups in total. The molecule has 1 aromatic carbocycles. The first-order valence-corrected chi connectivity index (χ1v) is 11.9. The average Bonchev–Trinajstić information content (AvgIpc) is 2.81. The summed E-state index contributed by atoms with van der Waals surface area (Å²) in [5.74, 6) is -3.39. The standard InChI is InChI=1S/C23H27ClFNO6S/c1-5-20(27)26(21(28)14-9-7-8-10-15(14)23(30)32-6-2)18-12-19(16(24)11-17(18)25)33-13(3)22(29)31-4/h11-13H,5-10H2,1-4H3. The number of amides is 2. The lowest BCUT2D eigenvalue weighted by atomic mass is 9.90. The fraction of sp³-hybridized carbons (Fsp3) is 0.478. The van der Waals surface area contributed by atoms with Crippen LogP contribution in [0.15, 0.2) is 28.2 Å². The number of thioether (sulfide) groups is 1. The topological polar surface area (TPSA) is 90.0 Å². The van der Waals surface area contributed by atoms with Crippen LogP contribution in [0.5, 0.6) is 0 Å². The quantitative estimate of drug-likeness (QED) is 0.373. The van der Waals surface area contributed by atoms with Crippen LogP contribution in [0.25, 0.3) is 0 Å². The van der Waals surface area contributed by atoms with Crippen LogP contribution in [-0.4, -0.2) is 42.7 Å². The van der Waals surface area contributed by atoms with Gasteiger partial charge in [0.25, 0.3) is 5.91 Å². The number of nitrogens with zero attached hydrogens (tertiary/aromatic N) is 1. The van der Waals surface area contributed by atoms with E-state index in [0.29, 0.717) is 24.2 Å². The van der Waals surface area contributed by atoms with Crippen molar-refractivity contribution in [2.24, 2.45) is 0 Å². The van der Waals surface area contributed by atoms with Crippen molar-refractivity contribution in [3.8, 4) is 0 Å². The van der Waals surface area contributed by atoms with Crippen molar-refractivity contribution in [3.05, 3.63) is 34.1 Å². The van der Waals surface area contributed by atoms with Gasteiger partial charge in [0, 0.05) is 22.5 Å². The highest BCUT2D eigenvalue weighted by atomic mass is 35.5. The molecule has 1 unspecified atom stereocenters. The van der Waals surface area contributed by atoms with Gasteiger partial charge in [-0.25, -0.2) is 14.1 Å². The van der Waals surface area contributed by atoms with E-state index in [9.17, 15) is 19.2 Å². The number of carbonyl (C=O) groups excluding carboxylic acids is 4. The van der Waals surface area contributed by atoms with Crippen LogP contribution in [0.1, 0.15) is 52.9 Å². The Balaban J connectivity index is 2.57. The highest BCUT2D eigenvalue weighted by molar-refractivity contribution is 8.00. The summed E-state index contributed by atoms with van der Waals surface area (Å²) >= 11 is 7.18. The maximum absolute atomic E-state index is 15.0. The van der Waals surface area contributed by atoms with E-state index in [1.165, 1.54) is 13.2 Å². The lowest BCUT2D eigenvalue weighted by Crippen LogP contribution is -2.39. The Morgan fingerprint density at radius 1 is 1.15 bits per heavy atom. The summed E-state index contributed by atoms with van der Waals surface area (Å²) in [7, 11) is 1.25. The third kappa shape index (κ3) is 6.35. The molecule has 0 bridgehead atoms. The zero-order chi connectivity index (χ0) is 24.7. The van der Waals surface area contributed by atoms with Gasteiger partial charge in [-0.2, -0.15) is 0 Å². The Bertz CT molecular complexity index is 980. The van der Waals surface area contributed by atoms with Gasteiger partial charge in [-0.1, -0.05) is 18.5 Å². The summed E-state index contributed by atoms with van der Waals surface area (Å²) in [5.41, 5.74) is 0.0652. The number of ether oxygens (including phenoxy) is 2. The molecular formula is C23H27ClFNO6S. The fourth-order valence-corrected chi connectivity index (χ4v) is 4.63. The number of esters is 2. The molecule has 0 saturated heterocycles. The molecule has 0 spiro atoms. The van der Waals surface area contributed by atoms with Crippen molar-refractivity contribution < 1.29 is 33.0 Å². The molecule has 0 heterocycles. The number of hydrogen-bond acceptors (Lipinski definition) is 7. The van der Waals surface area contributed by atoms with E-state index in [0.717, 1.165) is 22.7 Å². The van der Waals surface area contributed by atoms with E-state index in [1.807, 2.05) is 0 Å². The van der Waals surface area contributed by atoms with Crippen molar-refractivity contribution in [1.82, 2.24) is 0 Å². The van der Waals surface area contributed by atoms with Crippen LogP contribution in [0.4, 0.5) is 10.1 Å². The Morgan fingerprint density at radius 2 is 1.79 bits per heavy atom. The molecule has 10 heteroatoms. The lowest BCUT2D eigenvalue weighted by molar-refractivity contribution is -0.140. The molecule has 0 fully saturated rings. The smallest absolute Gasteiger partial charge is 0.334 e. The number of carbonyl (C=O) groups is 4. The van der Waals surface area contributed by atoms with Gasteiger partial charge in [0.05, 0.1) is 24.4 Å². The molecule has 1 aromatic rings. The van der Waals surface area contributed by atoms with Gasteiger partial charge in [0.1, 0.15) is 11.1 Å². The van der Waals surface area contributed by atoms with Gasteiger partial charge >= 0.3 is 11.9 Å². The molecule has 2 rings (SSSR count). The van der Waals surface area contributed by atoms with Gasteiger partial charge < -0.3 is 9.47 Å². The molecule has 0 radical (unpaired) electrons. The third-order valence-electron chi connectivity index (χ3n) is 5.08. The third-order valence-corrected chi connectivity index (χ3v) is 6.64. The molecular weight excluding hydrogens is 473 g/mol. The predicted molar refractivity (Wildman–Crippen MR) is 124 cm³/mol. The monoisotopic (exact) mass is 499 g/mol. The second-order valence-electron chi connectivity index (χ2n) is 7.29. The first-order valence-electron chi connectivity index (χ1n) is 10.7. The number of rotatable bonds is 8. The largest absolute Gasteiger partial charge is 0.468 e. The van der Waals surface area contributed by atoms with Crippen LogP contribution in [0.2, 0.25) is 5.02 Å². The summed E-state index contributed by atoms with van der Waals surface area (Å²) in [6.07, 6.45) is 1.90. The average molecular weight is 500 g/mol. The van der Waals surface area contributed by atoms with Crippen molar-refractivity contribution in [1.29, 1.82) is 0 Å². The second kappa shape index (κ2) is 12.2. The Hall–Kier alpha value is -2.39. The predicted octanol–water partition coefficient (Wildman–Crippen LogP) is 4.84.